The summed E-state index contributed by atoms with van der Waals surface area (Å²) in [5.41, 5.74) is 3.97. The van der Waals surface area contributed by atoms with E-state index in [1.165, 1.54) is 32.4 Å². The number of nitrogens with one attached hydrogen (secondary N) is 1. The molecule has 3 fully saturated rings. The standard InChI is InChI=1S/C37H46N6O3/c44-35(41-20-15-31(16-21-41)43-26-28-8-2-4-10-33(28)39-37(43)46)25-29(24-27-12-17-38-34-11-5-3-9-32(27)34)36(45)42-22-13-30(14-23-42)40-18-6-1-7-19-40/h2-5,8-12,17,29-31H,1,6-7,13-16,18-26H2,(H,39,46). The van der Waals surface area contributed by atoms with Gasteiger partial charge in [-0.1, -0.05) is 42.8 Å². The molecule has 242 valence electrons. The number of amides is 4. The molecule has 1 unspecified atom stereocenters. The predicted molar refractivity (Wildman–Crippen MR) is 179 cm³/mol. The van der Waals surface area contributed by atoms with Crippen LogP contribution in [0.4, 0.5) is 10.5 Å². The summed E-state index contributed by atoms with van der Waals surface area (Å²) >= 11 is 0. The first-order valence-electron chi connectivity index (χ1n) is 17.3. The highest BCUT2D eigenvalue weighted by molar-refractivity contribution is 5.92. The number of hydrogen-bond acceptors (Lipinski definition) is 5. The molecule has 4 amide bonds. The van der Waals surface area contributed by atoms with Gasteiger partial charge in [-0.3, -0.25) is 14.6 Å². The minimum absolute atomic E-state index is 0.0341. The Bertz CT molecular complexity index is 1550. The Kier molecular flexibility index (Phi) is 9.19. The van der Waals surface area contributed by atoms with E-state index in [-0.39, 0.29) is 30.3 Å². The summed E-state index contributed by atoms with van der Waals surface area (Å²) < 4.78 is 0. The molecule has 46 heavy (non-hydrogen) atoms. The molecular formula is C37H46N6O3. The van der Waals surface area contributed by atoms with Crippen molar-refractivity contribution in [3.8, 4) is 0 Å². The van der Waals surface area contributed by atoms with Crippen molar-refractivity contribution in [2.45, 2.75) is 76.4 Å². The van der Waals surface area contributed by atoms with E-state index in [0.717, 1.165) is 66.5 Å². The first-order valence-corrected chi connectivity index (χ1v) is 17.3. The maximum atomic E-state index is 14.2. The summed E-state index contributed by atoms with van der Waals surface area (Å²) in [5, 5.41) is 4.07. The molecule has 4 aliphatic heterocycles. The number of urea groups is 1. The highest BCUT2D eigenvalue weighted by Crippen LogP contribution is 2.30. The molecule has 1 aromatic heterocycles. The monoisotopic (exact) mass is 622 g/mol. The summed E-state index contributed by atoms with van der Waals surface area (Å²) in [4.78, 5) is 54.0. The molecule has 9 heteroatoms. The fourth-order valence-corrected chi connectivity index (χ4v) is 8.12. The highest BCUT2D eigenvalue weighted by Gasteiger charge is 2.36. The van der Waals surface area contributed by atoms with Gasteiger partial charge in [-0.05, 0) is 87.4 Å². The van der Waals surface area contributed by atoms with Gasteiger partial charge in [0.25, 0.3) is 0 Å². The number of pyridine rings is 1. The first-order chi connectivity index (χ1) is 22.5. The average Bonchev–Trinajstić information content (AvgIpc) is 3.11. The molecule has 0 aliphatic carbocycles. The van der Waals surface area contributed by atoms with Gasteiger partial charge < -0.3 is 24.9 Å². The van der Waals surface area contributed by atoms with Crippen LogP contribution >= 0.6 is 0 Å². The second-order valence-corrected chi connectivity index (χ2v) is 13.6. The van der Waals surface area contributed by atoms with Crippen molar-refractivity contribution in [2.24, 2.45) is 5.92 Å². The number of anilines is 1. The smallest absolute Gasteiger partial charge is 0.322 e. The number of carbonyl (C=O) groups is 3. The van der Waals surface area contributed by atoms with Gasteiger partial charge in [-0.2, -0.15) is 0 Å². The van der Waals surface area contributed by atoms with Crippen LogP contribution in [0.5, 0.6) is 0 Å². The van der Waals surface area contributed by atoms with Crippen LogP contribution in [-0.4, -0.2) is 93.8 Å². The molecule has 3 aromatic rings. The lowest BCUT2D eigenvalue weighted by molar-refractivity contribution is -0.143. The third kappa shape index (κ3) is 6.61. The average molecular weight is 623 g/mol. The van der Waals surface area contributed by atoms with Crippen molar-refractivity contribution in [3.63, 3.8) is 0 Å². The van der Waals surface area contributed by atoms with Gasteiger partial charge in [0.2, 0.25) is 11.8 Å². The van der Waals surface area contributed by atoms with Crippen LogP contribution < -0.4 is 5.32 Å². The number of hydrogen-bond donors (Lipinski definition) is 1. The molecule has 9 nitrogen and oxygen atoms in total. The zero-order valence-electron chi connectivity index (χ0n) is 26.8. The molecule has 0 bridgehead atoms. The second-order valence-electron chi connectivity index (χ2n) is 13.6. The molecule has 0 radical (unpaired) electrons. The topological polar surface area (TPSA) is 89.1 Å². The van der Waals surface area contributed by atoms with Gasteiger partial charge in [-0.15, -0.1) is 0 Å². The second kappa shape index (κ2) is 13.8. The third-order valence-corrected chi connectivity index (χ3v) is 10.8. The number of likely N-dealkylation sites (tertiary alicyclic amines) is 3. The molecule has 1 atom stereocenters. The minimum Gasteiger partial charge on any atom is -0.343 e. The van der Waals surface area contributed by atoms with Gasteiger partial charge in [0.05, 0.1) is 11.4 Å². The number of rotatable bonds is 7. The first kappa shape index (κ1) is 30.7. The van der Waals surface area contributed by atoms with Crippen LogP contribution in [0.15, 0.2) is 60.8 Å². The number of piperidine rings is 3. The molecule has 1 N–H and O–H groups in total. The molecule has 7 rings (SSSR count). The van der Waals surface area contributed by atoms with Crippen LogP contribution in [0.1, 0.15) is 62.5 Å². The van der Waals surface area contributed by atoms with Crippen molar-refractivity contribution in [1.29, 1.82) is 0 Å². The van der Waals surface area contributed by atoms with E-state index in [0.29, 0.717) is 32.1 Å². The quantitative estimate of drug-likeness (QED) is 0.387. The van der Waals surface area contributed by atoms with Crippen LogP contribution in [0.25, 0.3) is 10.9 Å². The molecule has 0 saturated carbocycles. The predicted octanol–water partition coefficient (Wildman–Crippen LogP) is 5.30. The zero-order chi connectivity index (χ0) is 31.5. The summed E-state index contributed by atoms with van der Waals surface area (Å²) in [6, 6.07) is 18.6. The van der Waals surface area contributed by atoms with E-state index in [9.17, 15) is 14.4 Å². The lowest BCUT2D eigenvalue weighted by Crippen LogP contribution is -2.52. The Labute approximate surface area is 271 Å². The lowest BCUT2D eigenvalue weighted by Gasteiger charge is -2.41. The molecule has 2 aromatic carbocycles. The van der Waals surface area contributed by atoms with E-state index < -0.39 is 5.92 Å². The number of fused-ring (bicyclic) bond motifs is 2. The number of benzene rings is 2. The Balaban J connectivity index is 1.02. The highest BCUT2D eigenvalue weighted by atomic mass is 16.2. The van der Waals surface area contributed by atoms with Crippen LogP contribution in [0.2, 0.25) is 0 Å². The van der Waals surface area contributed by atoms with Gasteiger partial charge in [0.1, 0.15) is 0 Å². The van der Waals surface area contributed by atoms with E-state index in [2.05, 4.69) is 27.3 Å². The zero-order valence-corrected chi connectivity index (χ0v) is 26.8. The fraction of sp³-hybridized carbons (Fsp3) is 0.514. The summed E-state index contributed by atoms with van der Waals surface area (Å²) in [5.74, 6) is -0.288. The number of para-hydroxylation sites is 2. The van der Waals surface area contributed by atoms with Crippen LogP contribution in [0.3, 0.4) is 0 Å². The number of carbonyl (C=O) groups excluding carboxylic acids is 3. The maximum absolute atomic E-state index is 14.2. The number of aromatic nitrogens is 1. The molecular weight excluding hydrogens is 576 g/mol. The SMILES string of the molecule is O=C(CC(Cc1ccnc2ccccc12)C(=O)N1CCC(N2CCCCC2)CC1)N1CCC(N2Cc3ccccc3NC2=O)CC1. The normalized spacial score (nSPS) is 20.8. The summed E-state index contributed by atoms with van der Waals surface area (Å²) in [7, 11) is 0. The van der Waals surface area contributed by atoms with Gasteiger partial charge in [0, 0.05) is 68.5 Å². The summed E-state index contributed by atoms with van der Waals surface area (Å²) in [6.45, 7) is 5.65. The van der Waals surface area contributed by atoms with Crippen molar-refractivity contribution in [1.82, 2.24) is 24.6 Å². The van der Waals surface area contributed by atoms with E-state index in [1.54, 1.807) is 0 Å². The molecule has 3 saturated heterocycles. The van der Waals surface area contributed by atoms with Crippen molar-refractivity contribution < 1.29 is 14.4 Å². The van der Waals surface area contributed by atoms with E-state index in [4.69, 9.17) is 0 Å². The molecule has 0 spiro atoms. The molecule has 4 aliphatic rings. The lowest BCUT2D eigenvalue weighted by atomic mass is 9.90. The summed E-state index contributed by atoms with van der Waals surface area (Å²) in [6.07, 6.45) is 9.89. The van der Waals surface area contributed by atoms with Gasteiger partial charge in [-0.25, -0.2) is 4.79 Å². The third-order valence-electron chi connectivity index (χ3n) is 10.8. The largest absolute Gasteiger partial charge is 0.343 e. The van der Waals surface area contributed by atoms with Crippen LogP contribution in [0, 0.1) is 5.92 Å². The van der Waals surface area contributed by atoms with Gasteiger partial charge in [0.15, 0.2) is 0 Å². The Hall–Kier alpha value is -3.98. The Morgan fingerprint density at radius 2 is 1.50 bits per heavy atom. The van der Waals surface area contributed by atoms with Crippen molar-refractivity contribution in [2.75, 3.05) is 44.6 Å². The van der Waals surface area contributed by atoms with Crippen LogP contribution in [-0.2, 0) is 22.6 Å². The van der Waals surface area contributed by atoms with Gasteiger partial charge >= 0.3 is 6.03 Å². The van der Waals surface area contributed by atoms with Crippen molar-refractivity contribution >= 4 is 34.4 Å². The fourth-order valence-electron chi connectivity index (χ4n) is 8.12. The Morgan fingerprint density at radius 1 is 0.804 bits per heavy atom. The molecule has 5 heterocycles. The Morgan fingerprint density at radius 3 is 2.30 bits per heavy atom. The number of nitrogens with zero attached hydrogens (tertiary/aromatic N) is 5. The maximum Gasteiger partial charge on any atom is 0.322 e. The minimum atomic E-state index is -0.424. The van der Waals surface area contributed by atoms with E-state index >= 15 is 0 Å². The van der Waals surface area contributed by atoms with E-state index in [1.807, 2.05) is 63.4 Å². The van der Waals surface area contributed by atoms with Crippen molar-refractivity contribution in [3.05, 3.63) is 71.9 Å².